The summed E-state index contributed by atoms with van der Waals surface area (Å²) in [4.78, 5) is 4.71. The first-order chi connectivity index (χ1) is 9.08. The van der Waals surface area contributed by atoms with Crippen molar-refractivity contribution in [2.24, 2.45) is 7.05 Å². The quantitative estimate of drug-likeness (QED) is 0.899. The lowest BCUT2D eigenvalue weighted by molar-refractivity contribution is 0.612. The van der Waals surface area contributed by atoms with E-state index in [4.69, 9.17) is 10.7 Å². The van der Waals surface area contributed by atoms with Gasteiger partial charge in [0.05, 0.1) is 5.69 Å². The highest BCUT2D eigenvalue weighted by Crippen LogP contribution is 2.28. The molecule has 0 aliphatic heterocycles. The molecule has 0 amide bonds. The Morgan fingerprint density at radius 2 is 2.05 bits per heavy atom. The molecule has 0 saturated carbocycles. The summed E-state index contributed by atoms with van der Waals surface area (Å²) in [6, 6.07) is 0. The van der Waals surface area contributed by atoms with E-state index in [1.54, 1.807) is 4.68 Å². The van der Waals surface area contributed by atoms with Crippen LogP contribution in [-0.2, 0) is 20.0 Å². The first-order valence-electron chi connectivity index (χ1n) is 6.93. The first-order valence-corrected chi connectivity index (χ1v) is 6.93. The lowest BCUT2D eigenvalue weighted by atomic mass is 10.2. The van der Waals surface area contributed by atoms with Gasteiger partial charge < -0.3 is 10.3 Å². The smallest absolute Gasteiger partial charge is 0.131 e. The van der Waals surface area contributed by atoms with Crippen LogP contribution in [0.5, 0.6) is 0 Å². The van der Waals surface area contributed by atoms with E-state index in [9.17, 15) is 0 Å². The van der Waals surface area contributed by atoms with E-state index in [1.807, 2.05) is 20.2 Å². The summed E-state index contributed by atoms with van der Waals surface area (Å²) in [6.07, 6.45) is 5.16. The number of nitrogens with two attached hydrogens (primary N) is 1. The summed E-state index contributed by atoms with van der Waals surface area (Å²) in [5.74, 6) is 1.82. The Labute approximate surface area is 114 Å². The van der Waals surface area contributed by atoms with Crippen molar-refractivity contribution >= 4 is 5.82 Å². The Bertz CT molecular complexity index is 565. The Hall–Kier alpha value is -1.78. The van der Waals surface area contributed by atoms with Crippen LogP contribution >= 0.6 is 0 Å². The molecule has 0 bridgehead atoms. The highest BCUT2D eigenvalue weighted by Gasteiger charge is 2.17. The average molecular weight is 261 g/mol. The van der Waals surface area contributed by atoms with E-state index in [1.165, 1.54) is 0 Å². The molecule has 2 aromatic rings. The number of nitrogen functional groups attached to an aromatic ring is 1. The molecule has 0 fully saturated rings. The fourth-order valence-electron chi connectivity index (χ4n) is 2.38. The highest BCUT2D eigenvalue weighted by molar-refractivity contribution is 5.72. The molecule has 104 valence electrons. The minimum absolute atomic E-state index is 0.765. The molecule has 0 aromatic carbocycles. The van der Waals surface area contributed by atoms with E-state index in [0.717, 1.165) is 54.4 Å². The maximum absolute atomic E-state index is 6.29. The van der Waals surface area contributed by atoms with Crippen molar-refractivity contribution in [1.82, 2.24) is 19.3 Å². The van der Waals surface area contributed by atoms with Gasteiger partial charge in [0.25, 0.3) is 0 Å². The number of rotatable bonds is 5. The lowest BCUT2D eigenvalue weighted by Crippen LogP contribution is -2.06. The predicted molar refractivity (Wildman–Crippen MR) is 77.9 cm³/mol. The van der Waals surface area contributed by atoms with Crippen LogP contribution in [0.2, 0.25) is 0 Å². The van der Waals surface area contributed by atoms with Crippen LogP contribution in [-0.4, -0.2) is 19.3 Å². The zero-order valence-electron chi connectivity index (χ0n) is 12.3. The number of nitrogens with zero attached hydrogens (tertiary/aromatic N) is 4. The normalized spacial score (nSPS) is 11.2. The zero-order chi connectivity index (χ0) is 14.0. The second kappa shape index (κ2) is 5.47. The van der Waals surface area contributed by atoms with Gasteiger partial charge in [0.1, 0.15) is 17.3 Å². The molecule has 2 N–H and O–H groups in total. The van der Waals surface area contributed by atoms with Crippen LogP contribution in [0.25, 0.3) is 11.3 Å². The number of hydrogen-bond donors (Lipinski definition) is 1. The molecule has 5 heteroatoms. The minimum Gasteiger partial charge on any atom is -0.383 e. The van der Waals surface area contributed by atoms with E-state index in [-0.39, 0.29) is 0 Å². The number of unbranched alkanes of at least 4 members (excludes halogenated alkanes) is 1. The Morgan fingerprint density at radius 3 is 2.58 bits per heavy atom. The molecule has 0 atom stereocenters. The third kappa shape index (κ3) is 2.50. The van der Waals surface area contributed by atoms with Crippen LogP contribution in [0.4, 0.5) is 5.82 Å². The topological polar surface area (TPSA) is 61.7 Å². The zero-order valence-corrected chi connectivity index (χ0v) is 12.3. The number of imidazole rings is 1. The van der Waals surface area contributed by atoms with Crippen LogP contribution in [0, 0.1) is 6.92 Å². The summed E-state index contributed by atoms with van der Waals surface area (Å²) in [5.41, 5.74) is 9.17. The Kier molecular flexibility index (Phi) is 3.93. The van der Waals surface area contributed by atoms with Crippen LogP contribution < -0.4 is 5.73 Å². The molecule has 2 rings (SSSR count). The maximum Gasteiger partial charge on any atom is 0.131 e. The first kappa shape index (κ1) is 13.6. The van der Waals surface area contributed by atoms with Crippen molar-refractivity contribution in [2.45, 2.75) is 46.6 Å². The lowest BCUT2D eigenvalue weighted by Gasteiger charge is -2.07. The summed E-state index contributed by atoms with van der Waals surface area (Å²) >= 11 is 0. The van der Waals surface area contributed by atoms with Crippen LogP contribution in [0.1, 0.15) is 38.2 Å². The van der Waals surface area contributed by atoms with E-state index < -0.39 is 0 Å². The summed E-state index contributed by atoms with van der Waals surface area (Å²) in [5, 5.41) is 4.37. The molecular formula is C14H23N5. The largest absolute Gasteiger partial charge is 0.383 e. The fourth-order valence-corrected chi connectivity index (χ4v) is 2.38. The monoisotopic (exact) mass is 261 g/mol. The molecule has 5 nitrogen and oxygen atoms in total. The second-order valence-electron chi connectivity index (χ2n) is 4.92. The number of anilines is 1. The molecule has 2 aromatic heterocycles. The average Bonchev–Trinajstić information content (AvgIpc) is 2.87. The van der Waals surface area contributed by atoms with Crippen molar-refractivity contribution < 1.29 is 0 Å². The van der Waals surface area contributed by atoms with Gasteiger partial charge in [-0.1, -0.05) is 20.3 Å². The SMILES string of the molecule is CCCCn1c(CC)nc(-c2cn(C)nc2C)c1N. The standard InChI is InChI=1S/C14H23N5/c1-5-7-8-19-12(6-2)16-13(14(19)15)11-9-18(4)17-10(11)3/h9H,5-8,15H2,1-4H3. The molecule has 0 spiro atoms. The predicted octanol–water partition coefficient (Wildman–Crippen LogP) is 2.54. The van der Waals surface area contributed by atoms with Gasteiger partial charge in [-0.25, -0.2) is 4.98 Å². The van der Waals surface area contributed by atoms with Gasteiger partial charge in [0.15, 0.2) is 0 Å². The van der Waals surface area contributed by atoms with Gasteiger partial charge in [-0.2, -0.15) is 5.10 Å². The Balaban J connectivity index is 2.47. The minimum atomic E-state index is 0.765. The molecule has 0 aliphatic carbocycles. The van der Waals surface area contributed by atoms with Crippen molar-refractivity contribution in [3.05, 3.63) is 17.7 Å². The van der Waals surface area contributed by atoms with Crippen LogP contribution in [0.15, 0.2) is 6.20 Å². The Morgan fingerprint density at radius 1 is 1.32 bits per heavy atom. The number of aryl methyl sites for hydroxylation is 3. The number of aromatic nitrogens is 4. The third-order valence-electron chi connectivity index (χ3n) is 3.41. The second-order valence-corrected chi connectivity index (χ2v) is 4.92. The van der Waals surface area contributed by atoms with Gasteiger partial charge in [-0.05, 0) is 13.3 Å². The molecule has 0 radical (unpaired) electrons. The maximum atomic E-state index is 6.29. The van der Waals surface area contributed by atoms with Gasteiger partial charge in [0, 0.05) is 31.8 Å². The van der Waals surface area contributed by atoms with Gasteiger partial charge in [0.2, 0.25) is 0 Å². The summed E-state index contributed by atoms with van der Waals surface area (Å²) in [7, 11) is 1.92. The molecule has 0 saturated heterocycles. The molecular weight excluding hydrogens is 238 g/mol. The molecule has 19 heavy (non-hydrogen) atoms. The van der Waals surface area contributed by atoms with Crippen molar-refractivity contribution in [2.75, 3.05) is 5.73 Å². The fraction of sp³-hybridized carbons (Fsp3) is 0.571. The van der Waals surface area contributed by atoms with Crippen LogP contribution in [0.3, 0.4) is 0 Å². The van der Waals surface area contributed by atoms with E-state index in [2.05, 4.69) is 23.5 Å². The summed E-state index contributed by atoms with van der Waals surface area (Å²) in [6.45, 7) is 7.23. The van der Waals surface area contributed by atoms with E-state index >= 15 is 0 Å². The van der Waals surface area contributed by atoms with Crippen molar-refractivity contribution in [3.8, 4) is 11.3 Å². The number of hydrogen-bond acceptors (Lipinski definition) is 3. The molecule has 2 heterocycles. The summed E-state index contributed by atoms with van der Waals surface area (Å²) < 4.78 is 3.95. The highest BCUT2D eigenvalue weighted by atomic mass is 15.3. The van der Waals surface area contributed by atoms with E-state index in [0.29, 0.717) is 0 Å². The third-order valence-corrected chi connectivity index (χ3v) is 3.41. The van der Waals surface area contributed by atoms with Gasteiger partial charge >= 0.3 is 0 Å². The molecule has 0 aliphatic rings. The van der Waals surface area contributed by atoms with Crippen molar-refractivity contribution in [1.29, 1.82) is 0 Å². The van der Waals surface area contributed by atoms with Gasteiger partial charge in [-0.3, -0.25) is 4.68 Å². The van der Waals surface area contributed by atoms with Crippen molar-refractivity contribution in [3.63, 3.8) is 0 Å². The molecule has 0 unspecified atom stereocenters. The van der Waals surface area contributed by atoms with Gasteiger partial charge in [-0.15, -0.1) is 0 Å².